The maximum Gasteiger partial charge on any atom is 0.258 e. The average Bonchev–Trinajstić information content (AvgIpc) is 3.23. The Kier molecular flexibility index (Phi) is 7.28. The zero-order chi connectivity index (χ0) is 19.9. The van der Waals surface area contributed by atoms with Crippen molar-refractivity contribution in [3.63, 3.8) is 0 Å². The van der Waals surface area contributed by atoms with Gasteiger partial charge in [-0.05, 0) is 37.1 Å². The van der Waals surface area contributed by atoms with Crippen LogP contribution in [0.3, 0.4) is 0 Å². The van der Waals surface area contributed by atoms with Gasteiger partial charge in [-0.15, -0.1) is 23.5 Å². The van der Waals surface area contributed by atoms with Gasteiger partial charge in [0.25, 0.3) is 5.91 Å². The first kappa shape index (κ1) is 20.6. The number of amides is 2. The van der Waals surface area contributed by atoms with Crippen molar-refractivity contribution in [1.82, 2.24) is 5.32 Å². The molecule has 1 aliphatic heterocycles. The Hall–Kier alpha value is -2.12. The maximum absolute atomic E-state index is 12.1. The van der Waals surface area contributed by atoms with E-state index in [2.05, 4.69) is 10.6 Å². The van der Waals surface area contributed by atoms with Crippen LogP contribution in [0.15, 0.2) is 42.5 Å². The van der Waals surface area contributed by atoms with Gasteiger partial charge in [-0.1, -0.05) is 30.3 Å². The third-order valence-corrected chi connectivity index (χ3v) is 7.55. The van der Waals surface area contributed by atoms with E-state index < -0.39 is 0 Å². The third-order valence-electron chi connectivity index (χ3n) is 4.48. The Morgan fingerprint density at radius 2 is 1.79 bits per heavy atom. The summed E-state index contributed by atoms with van der Waals surface area (Å²) in [4.78, 5) is 24.2. The number of carbonyl (C=O) groups excluding carboxylic acids is 2. The van der Waals surface area contributed by atoms with Crippen molar-refractivity contribution in [3.8, 4) is 5.75 Å². The van der Waals surface area contributed by atoms with Gasteiger partial charge >= 0.3 is 0 Å². The summed E-state index contributed by atoms with van der Waals surface area (Å²) in [6.45, 7) is 3.74. The lowest BCUT2D eigenvalue weighted by atomic mass is 10.1. The quantitative estimate of drug-likeness (QED) is 0.716. The van der Waals surface area contributed by atoms with E-state index in [1.165, 1.54) is 0 Å². The van der Waals surface area contributed by atoms with Gasteiger partial charge in [0, 0.05) is 22.8 Å². The van der Waals surface area contributed by atoms with E-state index in [1.807, 2.05) is 79.8 Å². The van der Waals surface area contributed by atoms with Gasteiger partial charge in [-0.3, -0.25) is 9.59 Å². The molecule has 2 N–H and O–H groups in total. The highest BCUT2D eigenvalue weighted by atomic mass is 32.2. The molecule has 0 bridgehead atoms. The Morgan fingerprint density at radius 3 is 2.57 bits per heavy atom. The van der Waals surface area contributed by atoms with Gasteiger partial charge in [0.1, 0.15) is 5.75 Å². The molecule has 5 nitrogen and oxygen atoms in total. The predicted molar refractivity (Wildman–Crippen MR) is 117 cm³/mol. The molecule has 148 valence electrons. The van der Waals surface area contributed by atoms with E-state index in [0.717, 1.165) is 39.6 Å². The predicted octanol–water partition coefficient (Wildman–Crippen LogP) is 3.92. The Bertz CT molecular complexity index is 851. The molecule has 1 fully saturated rings. The van der Waals surface area contributed by atoms with Crippen molar-refractivity contribution in [1.29, 1.82) is 0 Å². The van der Waals surface area contributed by atoms with E-state index in [0.29, 0.717) is 4.58 Å². The van der Waals surface area contributed by atoms with Crippen molar-refractivity contribution < 1.29 is 14.3 Å². The SMILES string of the molecule is Cc1cccc(NC(=O)CNC(=O)COc2ccccc2C2SCCS2)c1C. The van der Waals surface area contributed by atoms with Crippen LogP contribution in [0, 0.1) is 13.8 Å². The Labute approximate surface area is 174 Å². The molecule has 0 aliphatic carbocycles. The summed E-state index contributed by atoms with van der Waals surface area (Å²) >= 11 is 3.78. The highest BCUT2D eigenvalue weighted by Crippen LogP contribution is 2.48. The molecule has 2 aromatic rings. The number of thioether (sulfide) groups is 2. The lowest BCUT2D eigenvalue weighted by molar-refractivity contribution is -0.125. The van der Waals surface area contributed by atoms with Crippen molar-refractivity contribution in [2.24, 2.45) is 0 Å². The Morgan fingerprint density at radius 1 is 1.04 bits per heavy atom. The van der Waals surface area contributed by atoms with Crippen molar-refractivity contribution in [2.75, 3.05) is 30.0 Å². The summed E-state index contributed by atoms with van der Waals surface area (Å²) in [6, 6.07) is 13.5. The smallest absolute Gasteiger partial charge is 0.258 e. The van der Waals surface area contributed by atoms with Gasteiger partial charge < -0.3 is 15.4 Å². The molecule has 0 atom stereocenters. The van der Waals surface area contributed by atoms with E-state index in [9.17, 15) is 9.59 Å². The van der Waals surface area contributed by atoms with Crippen LogP contribution in [0.4, 0.5) is 5.69 Å². The molecule has 2 amide bonds. The van der Waals surface area contributed by atoms with E-state index in [4.69, 9.17) is 4.74 Å². The molecule has 0 radical (unpaired) electrons. The van der Waals surface area contributed by atoms with Crippen molar-refractivity contribution in [3.05, 3.63) is 59.2 Å². The second kappa shape index (κ2) is 9.89. The highest BCUT2D eigenvalue weighted by Gasteiger charge is 2.22. The van der Waals surface area contributed by atoms with Crippen LogP contribution in [-0.4, -0.2) is 36.5 Å². The molecule has 7 heteroatoms. The minimum atomic E-state index is -0.322. The average molecular weight is 417 g/mol. The van der Waals surface area contributed by atoms with E-state index in [1.54, 1.807) is 0 Å². The van der Waals surface area contributed by atoms with Crippen LogP contribution in [0.5, 0.6) is 5.75 Å². The zero-order valence-electron chi connectivity index (χ0n) is 16.0. The van der Waals surface area contributed by atoms with Crippen LogP contribution in [0.25, 0.3) is 0 Å². The molecule has 1 heterocycles. The molecule has 0 spiro atoms. The van der Waals surface area contributed by atoms with Gasteiger partial charge in [-0.2, -0.15) is 0 Å². The minimum Gasteiger partial charge on any atom is -0.483 e. The lowest BCUT2D eigenvalue weighted by Gasteiger charge is -2.15. The van der Waals surface area contributed by atoms with Gasteiger partial charge in [0.05, 0.1) is 11.1 Å². The summed E-state index contributed by atoms with van der Waals surface area (Å²) in [5.74, 6) is 2.39. The molecular weight excluding hydrogens is 392 g/mol. The number of hydrogen-bond donors (Lipinski definition) is 2. The summed E-state index contributed by atoms with van der Waals surface area (Å²) in [5, 5.41) is 5.44. The maximum atomic E-state index is 12.1. The third kappa shape index (κ3) is 5.45. The molecule has 3 rings (SSSR count). The van der Waals surface area contributed by atoms with Crippen molar-refractivity contribution in [2.45, 2.75) is 18.4 Å². The first-order valence-corrected chi connectivity index (χ1v) is 11.2. The summed E-state index contributed by atoms with van der Waals surface area (Å²) in [5.41, 5.74) is 3.99. The number of para-hydroxylation sites is 1. The molecule has 1 saturated heterocycles. The fourth-order valence-electron chi connectivity index (χ4n) is 2.80. The molecule has 0 saturated carbocycles. The number of aryl methyl sites for hydroxylation is 1. The fourth-order valence-corrected chi connectivity index (χ4v) is 5.71. The van der Waals surface area contributed by atoms with E-state index >= 15 is 0 Å². The topological polar surface area (TPSA) is 67.4 Å². The first-order valence-electron chi connectivity index (χ1n) is 9.12. The van der Waals surface area contributed by atoms with Crippen LogP contribution in [0.2, 0.25) is 0 Å². The standard InChI is InChI=1S/C21H24N2O3S2/c1-14-6-5-8-17(15(14)2)23-19(24)12-22-20(25)13-26-18-9-4-3-7-16(18)21-27-10-11-28-21/h3-9,21H,10-13H2,1-2H3,(H,22,25)(H,23,24). The first-order chi connectivity index (χ1) is 13.5. The molecule has 0 aromatic heterocycles. The van der Waals surface area contributed by atoms with Crippen LogP contribution < -0.4 is 15.4 Å². The van der Waals surface area contributed by atoms with Crippen molar-refractivity contribution >= 4 is 41.0 Å². The number of carbonyl (C=O) groups is 2. The molecule has 2 aromatic carbocycles. The van der Waals surface area contributed by atoms with Gasteiger partial charge in [-0.25, -0.2) is 0 Å². The summed E-state index contributed by atoms with van der Waals surface area (Å²) in [6.07, 6.45) is 0. The second-order valence-corrected chi connectivity index (χ2v) is 9.20. The fraction of sp³-hybridized carbons (Fsp3) is 0.333. The number of ether oxygens (including phenoxy) is 1. The second-order valence-electron chi connectivity index (χ2n) is 6.47. The number of rotatable bonds is 7. The zero-order valence-corrected chi connectivity index (χ0v) is 17.6. The van der Waals surface area contributed by atoms with Crippen LogP contribution in [0.1, 0.15) is 21.3 Å². The molecule has 0 unspecified atom stereocenters. The summed E-state index contributed by atoms with van der Waals surface area (Å²) in [7, 11) is 0. The van der Waals surface area contributed by atoms with Crippen LogP contribution >= 0.6 is 23.5 Å². The number of anilines is 1. The number of hydrogen-bond acceptors (Lipinski definition) is 5. The molecule has 28 heavy (non-hydrogen) atoms. The van der Waals surface area contributed by atoms with Crippen LogP contribution in [-0.2, 0) is 9.59 Å². The normalized spacial score (nSPS) is 13.9. The monoisotopic (exact) mass is 416 g/mol. The lowest BCUT2D eigenvalue weighted by Crippen LogP contribution is -2.36. The molecular formula is C21H24N2O3S2. The van der Waals surface area contributed by atoms with E-state index in [-0.39, 0.29) is 25.0 Å². The highest BCUT2D eigenvalue weighted by molar-refractivity contribution is 8.19. The van der Waals surface area contributed by atoms with Gasteiger partial charge in [0.2, 0.25) is 5.91 Å². The minimum absolute atomic E-state index is 0.0917. The van der Waals surface area contributed by atoms with Gasteiger partial charge in [0.15, 0.2) is 6.61 Å². The number of nitrogens with one attached hydrogen (secondary N) is 2. The molecule has 1 aliphatic rings. The largest absolute Gasteiger partial charge is 0.483 e. The number of benzene rings is 2. The summed E-state index contributed by atoms with van der Waals surface area (Å²) < 4.78 is 6.08. The Balaban J connectivity index is 1.47.